The van der Waals surface area contributed by atoms with E-state index in [2.05, 4.69) is 15.0 Å². The van der Waals surface area contributed by atoms with E-state index < -0.39 is 24.7 Å². The highest BCUT2D eigenvalue weighted by molar-refractivity contribution is 7.71. The monoisotopic (exact) mass is 296 g/mol. The molecule has 2 aromatic heterocycles. The van der Waals surface area contributed by atoms with Gasteiger partial charge in [0.15, 0.2) is 23.3 Å². The number of H-pyrrole nitrogens is 1. The first-order valence-electron chi connectivity index (χ1n) is 5.84. The normalized spacial score (nSPS) is 22.6. The van der Waals surface area contributed by atoms with Crippen LogP contribution in [0.4, 0.5) is 0 Å². The molecule has 1 aliphatic rings. The average Bonchev–Trinajstić information content (AvgIpc) is 2.89. The van der Waals surface area contributed by atoms with Gasteiger partial charge in [-0.1, -0.05) is 0 Å². The van der Waals surface area contributed by atoms with E-state index in [1.807, 2.05) is 0 Å². The molecule has 9 heteroatoms. The van der Waals surface area contributed by atoms with Gasteiger partial charge in [0.25, 0.3) is 0 Å². The Morgan fingerprint density at radius 2 is 2.25 bits per heavy atom. The molecule has 20 heavy (non-hydrogen) atoms. The van der Waals surface area contributed by atoms with Crippen LogP contribution in [0.3, 0.4) is 0 Å². The van der Waals surface area contributed by atoms with Crippen molar-refractivity contribution in [2.24, 2.45) is 0 Å². The lowest BCUT2D eigenvalue weighted by atomic mass is 10.2. The van der Waals surface area contributed by atoms with Crippen molar-refractivity contribution < 1.29 is 20.1 Å². The number of aliphatic hydroxyl groups excluding tert-OH is 3. The number of hydrogen-bond acceptors (Lipinski definition) is 7. The minimum absolute atomic E-state index is 0.0784. The molecule has 0 spiro atoms. The zero-order valence-electron chi connectivity index (χ0n) is 10.4. The van der Waals surface area contributed by atoms with Crippen LogP contribution < -0.4 is 0 Å². The van der Waals surface area contributed by atoms with Gasteiger partial charge in [0.2, 0.25) is 11.0 Å². The number of nitrogens with zero attached hydrogens (tertiary/aromatic N) is 3. The number of aryl methyl sites for hydroxylation is 1. The van der Waals surface area contributed by atoms with Crippen LogP contribution in [-0.4, -0.2) is 47.5 Å². The number of aromatic amines is 1. The molecule has 0 aromatic carbocycles. The van der Waals surface area contributed by atoms with E-state index in [1.54, 1.807) is 13.1 Å². The van der Waals surface area contributed by atoms with E-state index in [0.717, 1.165) is 0 Å². The van der Waals surface area contributed by atoms with Crippen molar-refractivity contribution in [1.82, 2.24) is 19.5 Å². The molecule has 3 heterocycles. The lowest BCUT2D eigenvalue weighted by Crippen LogP contribution is -2.23. The Morgan fingerprint density at radius 1 is 1.50 bits per heavy atom. The molecule has 0 saturated carbocycles. The van der Waals surface area contributed by atoms with Crippen LogP contribution in [0.15, 0.2) is 17.7 Å². The summed E-state index contributed by atoms with van der Waals surface area (Å²) < 4.78 is 6.86. The molecule has 0 radical (unpaired) electrons. The van der Waals surface area contributed by atoms with E-state index in [1.165, 1.54) is 4.57 Å². The predicted molar refractivity (Wildman–Crippen MR) is 70.3 cm³/mol. The molecule has 1 unspecified atom stereocenters. The Balaban J connectivity index is 2.07. The molecule has 0 aliphatic carbocycles. The molecule has 3 rings (SSSR count). The third-order valence-corrected chi connectivity index (χ3v) is 3.34. The zero-order chi connectivity index (χ0) is 14.4. The number of fused-ring (bicyclic) bond motifs is 1. The van der Waals surface area contributed by atoms with Crippen LogP contribution in [0.25, 0.3) is 11.2 Å². The lowest BCUT2D eigenvalue weighted by molar-refractivity contribution is -0.0156. The second-order valence-electron chi connectivity index (χ2n) is 4.41. The number of aromatic nitrogens is 4. The maximum atomic E-state index is 9.95. The Bertz CT molecular complexity index is 765. The summed E-state index contributed by atoms with van der Waals surface area (Å²) in [6.07, 6.45) is -0.677. The minimum atomic E-state index is -1.31. The standard InChI is InChI=1S/C11H12N4O4S/c1-4-12-5-2-15(11(20)14-9(5)13-4)10-8(18)7(17)6(3-16)19-10/h2,8,10,16-18H,3H2,1H3,(H,12,13,14,20)/t8?,10-/m1/s1. The Kier molecular flexibility index (Phi) is 2.96. The number of ether oxygens (including phenoxy) is 1. The zero-order valence-corrected chi connectivity index (χ0v) is 11.3. The summed E-state index contributed by atoms with van der Waals surface area (Å²) in [6, 6.07) is 0. The van der Waals surface area contributed by atoms with Gasteiger partial charge in [-0.25, -0.2) is 4.98 Å². The van der Waals surface area contributed by atoms with E-state index in [-0.39, 0.29) is 10.5 Å². The smallest absolute Gasteiger partial charge is 0.211 e. The fourth-order valence-corrected chi connectivity index (χ4v) is 2.34. The van der Waals surface area contributed by atoms with Gasteiger partial charge in [-0.05, 0) is 19.1 Å². The average molecular weight is 296 g/mol. The molecule has 1 aliphatic heterocycles. The maximum absolute atomic E-state index is 9.95. The molecule has 4 N–H and O–H groups in total. The minimum Gasteiger partial charge on any atom is -0.506 e. The summed E-state index contributed by atoms with van der Waals surface area (Å²) in [5.41, 5.74) is 1.10. The highest BCUT2D eigenvalue weighted by Gasteiger charge is 2.37. The fourth-order valence-electron chi connectivity index (χ4n) is 2.10. The number of aliphatic hydroxyl groups is 3. The van der Waals surface area contributed by atoms with Gasteiger partial charge in [-0.2, -0.15) is 4.98 Å². The van der Waals surface area contributed by atoms with Crippen LogP contribution in [0.1, 0.15) is 12.1 Å². The number of hydrogen-bond donors (Lipinski definition) is 4. The molecule has 2 atom stereocenters. The van der Waals surface area contributed by atoms with E-state index in [9.17, 15) is 10.2 Å². The second-order valence-corrected chi connectivity index (χ2v) is 4.78. The van der Waals surface area contributed by atoms with Crippen LogP contribution in [-0.2, 0) is 4.74 Å². The highest BCUT2D eigenvalue weighted by atomic mass is 32.1. The molecule has 8 nitrogen and oxygen atoms in total. The molecular formula is C11H12N4O4S. The van der Waals surface area contributed by atoms with Crippen molar-refractivity contribution in [3.63, 3.8) is 0 Å². The van der Waals surface area contributed by atoms with Crippen LogP contribution in [0.5, 0.6) is 0 Å². The van der Waals surface area contributed by atoms with Crippen molar-refractivity contribution in [3.05, 3.63) is 28.3 Å². The summed E-state index contributed by atoms with van der Waals surface area (Å²) in [5.74, 6) is 0.204. The molecule has 0 amide bonds. The van der Waals surface area contributed by atoms with Gasteiger partial charge in [-0.15, -0.1) is 0 Å². The fraction of sp³-hybridized carbons (Fsp3) is 0.364. The summed E-state index contributed by atoms with van der Waals surface area (Å²) in [7, 11) is 0. The molecular weight excluding hydrogens is 284 g/mol. The van der Waals surface area contributed by atoms with Gasteiger partial charge < -0.3 is 25.0 Å². The van der Waals surface area contributed by atoms with Crippen LogP contribution >= 0.6 is 12.2 Å². The number of imidazole rings is 1. The van der Waals surface area contributed by atoms with E-state index >= 15 is 0 Å². The molecule has 2 aromatic rings. The molecule has 106 valence electrons. The van der Waals surface area contributed by atoms with E-state index in [4.69, 9.17) is 22.1 Å². The molecule has 0 fully saturated rings. The highest BCUT2D eigenvalue weighted by Crippen LogP contribution is 2.31. The number of rotatable bonds is 2. The summed E-state index contributed by atoms with van der Waals surface area (Å²) >= 11 is 5.14. The number of nitrogens with one attached hydrogen (secondary N) is 1. The third kappa shape index (κ3) is 1.87. The van der Waals surface area contributed by atoms with Crippen molar-refractivity contribution in [1.29, 1.82) is 0 Å². The quantitative estimate of drug-likeness (QED) is 0.594. The Labute approximate surface area is 118 Å². The van der Waals surface area contributed by atoms with Gasteiger partial charge >= 0.3 is 0 Å². The van der Waals surface area contributed by atoms with Crippen LogP contribution in [0.2, 0.25) is 0 Å². The largest absolute Gasteiger partial charge is 0.506 e. The van der Waals surface area contributed by atoms with Crippen molar-refractivity contribution in [2.45, 2.75) is 19.3 Å². The predicted octanol–water partition coefficient (Wildman–Crippen LogP) is 0.449. The van der Waals surface area contributed by atoms with Crippen molar-refractivity contribution in [3.8, 4) is 0 Å². The molecule has 0 saturated heterocycles. The Hall–Kier alpha value is -1.97. The van der Waals surface area contributed by atoms with Gasteiger partial charge in [0.05, 0.1) is 0 Å². The summed E-state index contributed by atoms with van der Waals surface area (Å²) in [4.78, 5) is 11.3. The summed E-state index contributed by atoms with van der Waals surface area (Å²) in [5, 5.41) is 28.6. The lowest BCUT2D eigenvalue weighted by Gasteiger charge is -2.18. The first-order valence-corrected chi connectivity index (χ1v) is 6.25. The van der Waals surface area contributed by atoms with Crippen molar-refractivity contribution >= 4 is 23.4 Å². The van der Waals surface area contributed by atoms with Gasteiger partial charge in [-0.3, -0.25) is 4.57 Å². The summed E-state index contributed by atoms with van der Waals surface area (Å²) in [6.45, 7) is 1.28. The topological polar surface area (TPSA) is 116 Å². The third-order valence-electron chi connectivity index (χ3n) is 3.04. The van der Waals surface area contributed by atoms with E-state index in [0.29, 0.717) is 17.0 Å². The van der Waals surface area contributed by atoms with Crippen LogP contribution in [0, 0.1) is 11.7 Å². The first kappa shape index (κ1) is 13.0. The molecule has 0 bridgehead atoms. The first-order chi connectivity index (χ1) is 9.51. The SMILES string of the molecule is Cc1nc2nc(=S)n([C@@H]3OC(CO)=C(O)C3O)cc2[nH]1. The maximum Gasteiger partial charge on any atom is 0.211 e. The Morgan fingerprint density at radius 3 is 2.90 bits per heavy atom. The van der Waals surface area contributed by atoms with Gasteiger partial charge in [0.1, 0.15) is 17.9 Å². The van der Waals surface area contributed by atoms with Gasteiger partial charge in [0, 0.05) is 6.20 Å². The second kappa shape index (κ2) is 4.54. The van der Waals surface area contributed by atoms with Crippen molar-refractivity contribution in [2.75, 3.05) is 6.61 Å².